The van der Waals surface area contributed by atoms with Gasteiger partial charge in [0, 0.05) is 11.9 Å². The predicted molar refractivity (Wildman–Crippen MR) is 52.1 cm³/mol. The molecule has 0 atom stereocenters. The number of carbonyl (C=O) groups is 1. The molecule has 0 saturated heterocycles. The van der Waals surface area contributed by atoms with Gasteiger partial charge in [0.1, 0.15) is 10.2 Å². The minimum absolute atomic E-state index is 0.125. The van der Waals surface area contributed by atoms with Gasteiger partial charge in [-0.1, -0.05) is 12.2 Å². The molecule has 72 valence electrons. The van der Waals surface area contributed by atoms with Gasteiger partial charge in [-0.25, -0.2) is 14.3 Å². The Morgan fingerprint density at radius 1 is 1.71 bits per heavy atom. The number of aryl methyl sites for hydroxylation is 1. The van der Waals surface area contributed by atoms with E-state index in [0.29, 0.717) is 10.3 Å². The number of aromatic nitrogens is 3. The van der Waals surface area contributed by atoms with E-state index in [1.807, 2.05) is 6.92 Å². The van der Waals surface area contributed by atoms with Crippen molar-refractivity contribution in [1.82, 2.24) is 14.6 Å². The molecule has 5 nitrogen and oxygen atoms in total. The second-order valence-electron chi connectivity index (χ2n) is 2.89. The summed E-state index contributed by atoms with van der Waals surface area (Å²) in [4.78, 5) is 14.8. The predicted octanol–water partition coefficient (Wildman–Crippen LogP) is 1.40. The first-order chi connectivity index (χ1) is 6.59. The summed E-state index contributed by atoms with van der Waals surface area (Å²) in [5.41, 5.74) is 1.30. The maximum absolute atomic E-state index is 10.8. The fraction of sp³-hybridized carbons (Fsp3) is 0.125. The molecule has 2 rings (SSSR count). The molecule has 0 aromatic carbocycles. The van der Waals surface area contributed by atoms with Crippen LogP contribution in [0.15, 0.2) is 12.3 Å². The van der Waals surface area contributed by atoms with Gasteiger partial charge in [0.25, 0.3) is 0 Å². The lowest BCUT2D eigenvalue weighted by Crippen LogP contribution is -1.99. The third kappa shape index (κ3) is 1.20. The number of fused-ring (bicyclic) bond motifs is 1. The van der Waals surface area contributed by atoms with Gasteiger partial charge < -0.3 is 5.11 Å². The van der Waals surface area contributed by atoms with Crippen LogP contribution in [-0.4, -0.2) is 25.7 Å². The maximum atomic E-state index is 10.8. The van der Waals surface area contributed by atoms with Gasteiger partial charge in [0.15, 0.2) is 5.65 Å². The lowest BCUT2D eigenvalue weighted by molar-refractivity contribution is 0.0699. The molecule has 6 heteroatoms. The van der Waals surface area contributed by atoms with E-state index in [9.17, 15) is 4.79 Å². The highest BCUT2D eigenvalue weighted by molar-refractivity contribution is 7.71. The molecular weight excluding hydrogens is 202 g/mol. The maximum Gasteiger partial charge on any atom is 0.341 e. The van der Waals surface area contributed by atoms with Crippen molar-refractivity contribution in [3.05, 3.63) is 28.2 Å². The second kappa shape index (κ2) is 2.91. The highest BCUT2D eigenvalue weighted by Gasteiger charge is 2.12. The van der Waals surface area contributed by atoms with Crippen LogP contribution in [-0.2, 0) is 0 Å². The molecule has 2 aromatic heterocycles. The molecule has 0 aliphatic rings. The molecule has 0 aliphatic carbocycles. The molecule has 0 aliphatic heterocycles. The van der Waals surface area contributed by atoms with Gasteiger partial charge in [0.2, 0.25) is 0 Å². The van der Waals surface area contributed by atoms with Gasteiger partial charge >= 0.3 is 5.97 Å². The number of carboxylic acids is 1. The van der Waals surface area contributed by atoms with E-state index in [2.05, 4.69) is 10.1 Å². The average Bonchev–Trinajstić information content (AvgIpc) is 2.47. The minimum Gasteiger partial charge on any atom is -0.477 e. The van der Waals surface area contributed by atoms with Crippen LogP contribution in [0.2, 0.25) is 0 Å². The van der Waals surface area contributed by atoms with Crippen molar-refractivity contribution in [1.29, 1.82) is 0 Å². The average molecular weight is 209 g/mol. The summed E-state index contributed by atoms with van der Waals surface area (Å²) in [5.74, 6) is -1.02. The molecule has 0 spiro atoms. The van der Waals surface area contributed by atoms with Crippen molar-refractivity contribution < 1.29 is 9.90 Å². The van der Waals surface area contributed by atoms with Crippen molar-refractivity contribution in [2.45, 2.75) is 6.92 Å². The Labute approximate surface area is 84.0 Å². The number of aromatic amines is 1. The topological polar surface area (TPSA) is 70.4 Å². The SMILES string of the molecule is Cc1cc(=S)nc2c(C(=O)O)c[nH]n12. The van der Waals surface area contributed by atoms with Crippen molar-refractivity contribution in [3.63, 3.8) is 0 Å². The van der Waals surface area contributed by atoms with Gasteiger partial charge in [-0.2, -0.15) is 0 Å². The van der Waals surface area contributed by atoms with Crippen molar-refractivity contribution in [2.24, 2.45) is 0 Å². The number of aromatic carboxylic acids is 1. The number of nitrogens with zero attached hydrogens (tertiary/aromatic N) is 2. The summed E-state index contributed by atoms with van der Waals surface area (Å²) in [6, 6.07) is 1.70. The molecule has 0 saturated carbocycles. The quantitative estimate of drug-likeness (QED) is 0.696. The van der Waals surface area contributed by atoms with E-state index < -0.39 is 5.97 Å². The molecule has 2 N–H and O–H groups in total. The lowest BCUT2D eigenvalue weighted by Gasteiger charge is -1.98. The number of rotatable bonds is 1. The van der Waals surface area contributed by atoms with Crippen LogP contribution in [0.5, 0.6) is 0 Å². The van der Waals surface area contributed by atoms with Gasteiger partial charge in [-0.05, 0) is 13.0 Å². The monoisotopic (exact) mass is 209 g/mol. The zero-order valence-corrected chi connectivity index (χ0v) is 8.13. The first kappa shape index (κ1) is 8.89. The molecule has 2 heterocycles. The van der Waals surface area contributed by atoms with Crippen LogP contribution in [0.4, 0.5) is 0 Å². The fourth-order valence-corrected chi connectivity index (χ4v) is 1.55. The Hall–Kier alpha value is -1.69. The van der Waals surface area contributed by atoms with Crippen LogP contribution in [0.25, 0.3) is 5.65 Å². The normalized spacial score (nSPS) is 10.6. The van der Waals surface area contributed by atoms with E-state index in [0.717, 1.165) is 5.69 Å². The minimum atomic E-state index is -1.02. The molecule has 14 heavy (non-hydrogen) atoms. The highest BCUT2D eigenvalue weighted by atomic mass is 32.1. The highest BCUT2D eigenvalue weighted by Crippen LogP contribution is 2.09. The summed E-state index contributed by atoms with van der Waals surface area (Å²) in [6.45, 7) is 1.83. The van der Waals surface area contributed by atoms with E-state index in [-0.39, 0.29) is 5.56 Å². The summed E-state index contributed by atoms with van der Waals surface area (Å²) in [7, 11) is 0. The Morgan fingerprint density at radius 3 is 3.07 bits per heavy atom. The molecular formula is C8H7N3O2S. The largest absolute Gasteiger partial charge is 0.477 e. The Balaban J connectivity index is 2.92. The number of H-pyrrole nitrogens is 1. The van der Waals surface area contributed by atoms with E-state index >= 15 is 0 Å². The standard InChI is InChI=1S/C8H7N3O2S/c1-4-2-6(14)10-7-5(8(12)13)3-9-11(4)7/h2-3,9H,1H3,(H,12,13). The van der Waals surface area contributed by atoms with Crippen molar-refractivity contribution in [3.8, 4) is 0 Å². The molecule has 0 unspecified atom stereocenters. The third-order valence-corrected chi connectivity index (χ3v) is 2.13. The molecule has 2 aromatic rings. The number of nitrogens with one attached hydrogen (secondary N) is 1. The second-order valence-corrected chi connectivity index (χ2v) is 3.31. The Kier molecular flexibility index (Phi) is 1.85. The van der Waals surface area contributed by atoms with E-state index in [1.165, 1.54) is 6.20 Å². The van der Waals surface area contributed by atoms with Gasteiger partial charge in [-0.3, -0.25) is 5.10 Å². The summed E-state index contributed by atoms with van der Waals surface area (Å²) in [5, 5.41) is 11.6. The summed E-state index contributed by atoms with van der Waals surface area (Å²) in [6.07, 6.45) is 1.40. The first-order valence-corrected chi connectivity index (χ1v) is 4.31. The van der Waals surface area contributed by atoms with Crippen molar-refractivity contribution >= 4 is 23.8 Å². The zero-order valence-electron chi connectivity index (χ0n) is 7.31. The molecule has 0 amide bonds. The number of hydrogen-bond acceptors (Lipinski definition) is 3. The smallest absolute Gasteiger partial charge is 0.341 e. The Morgan fingerprint density at radius 2 is 2.43 bits per heavy atom. The van der Waals surface area contributed by atoms with Gasteiger partial charge in [-0.15, -0.1) is 0 Å². The van der Waals surface area contributed by atoms with Crippen molar-refractivity contribution in [2.75, 3.05) is 0 Å². The number of hydrogen-bond donors (Lipinski definition) is 2. The zero-order chi connectivity index (χ0) is 10.3. The van der Waals surface area contributed by atoms with Crippen LogP contribution in [0.3, 0.4) is 0 Å². The molecule has 0 fully saturated rings. The lowest BCUT2D eigenvalue weighted by atomic mass is 10.3. The van der Waals surface area contributed by atoms with E-state index in [1.54, 1.807) is 10.6 Å². The first-order valence-electron chi connectivity index (χ1n) is 3.90. The van der Waals surface area contributed by atoms with Crippen LogP contribution in [0.1, 0.15) is 16.1 Å². The van der Waals surface area contributed by atoms with Crippen LogP contribution in [0, 0.1) is 11.6 Å². The number of carboxylic acid groups (broad SMARTS) is 1. The van der Waals surface area contributed by atoms with Crippen LogP contribution >= 0.6 is 12.2 Å². The summed E-state index contributed by atoms with van der Waals surface area (Å²) < 4.78 is 1.98. The molecule has 0 bridgehead atoms. The third-order valence-electron chi connectivity index (χ3n) is 1.92. The Bertz CT molecular complexity index is 569. The summed E-state index contributed by atoms with van der Waals surface area (Å²) >= 11 is 4.91. The van der Waals surface area contributed by atoms with Gasteiger partial charge in [0.05, 0.1) is 0 Å². The fourth-order valence-electron chi connectivity index (χ4n) is 1.29. The van der Waals surface area contributed by atoms with E-state index in [4.69, 9.17) is 17.3 Å². The van der Waals surface area contributed by atoms with Crippen LogP contribution < -0.4 is 0 Å². The molecule has 0 radical (unpaired) electrons.